The van der Waals surface area contributed by atoms with Gasteiger partial charge in [0.1, 0.15) is 55.1 Å². The molecule has 0 aromatic rings. The molecule has 18 nitrogen and oxygen atoms in total. The standard InChI is InChI=1S/C24H45O18P3/c1-13(2)7-37-19-20(38-8-14(3)4)22(40-43(31,32)10-16(25)26)24(42-45(35,36)12-18(29)30)23(21(19)39-9-15(5)6)41-44(33,34)11-17(27)28/h13-15,19-24H,7-12H2,1-6H3,(H,25,26)(H,27,28)(H,29,30)(H,31,32)(H,33,34)(H,35,36). The van der Waals surface area contributed by atoms with Crippen molar-refractivity contribution in [3.63, 3.8) is 0 Å². The highest BCUT2D eigenvalue weighted by Gasteiger charge is 2.59. The number of carbonyl (C=O) groups is 3. The maximum atomic E-state index is 13.0. The second-order valence-corrected chi connectivity index (χ2v) is 17.3. The number of hydrogen-bond donors (Lipinski definition) is 6. The molecule has 45 heavy (non-hydrogen) atoms. The van der Waals surface area contributed by atoms with Crippen molar-refractivity contribution in [1.82, 2.24) is 0 Å². The molecular formula is C24H45O18P3. The lowest BCUT2D eigenvalue weighted by Crippen LogP contribution is -2.67. The summed E-state index contributed by atoms with van der Waals surface area (Å²) < 4.78 is 73.0. The number of hydrogen-bond acceptors (Lipinski definition) is 12. The van der Waals surface area contributed by atoms with Gasteiger partial charge in [-0.05, 0) is 17.8 Å². The van der Waals surface area contributed by atoms with Gasteiger partial charge in [-0.15, -0.1) is 0 Å². The zero-order valence-corrected chi connectivity index (χ0v) is 28.5. The van der Waals surface area contributed by atoms with E-state index in [0.717, 1.165) is 0 Å². The molecule has 0 spiro atoms. The van der Waals surface area contributed by atoms with Crippen LogP contribution in [0.25, 0.3) is 0 Å². The summed E-state index contributed by atoms with van der Waals surface area (Å²) in [6, 6.07) is 0. The Kier molecular flexibility index (Phi) is 16.5. The van der Waals surface area contributed by atoms with Crippen LogP contribution >= 0.6 is 22.8 Å². The van der Waals surface area contributed by atoms with Crippen LogP contribution in [0, 0.1) is 17.8 Å². The Morgan fingerprint density at radius 2 is 0.689 bits per heavy atom. The topological polar surface area (TPSA) is 279 Å². The molecule has 0 heterocycles. The number of carboxylic acids is 3. The third kappa shape index (κ3) is 15.5. The van der Waals surface area contributed by atoms with Crippen molar-refractivity contribution < 1.29 is 85.9 Å². The predicted molar refractivity (Wildman–Crippen MR) is 155 cm³/mol. The molecule has 0 radical (unpaired) electrons. The highest BCUT2D eigenvalue weighted by atomic mass is 31.2. The first-order chi connectivity index (χ1) is 20.4. The molecule has 0 aliphatic heterocycles. The van der Waals surface area contributed by atoms with Crippen molar-refractivity contribution >= 4 is 40.7 Å². The molecule has 21 heteroatoms. The van der Waals surface area contributed by atoms with Crippen LogP contribution in [0.15, 0.2) is 0 Å². The molecule has 1 rings (SSSR count). The van der Waals surface area contributed by atoms with E-state index in [2.05, 4.69) is 0 Å². The van der Waals surface area contributed by atoms with Gasteiger partial charge in [0, 0.05) is 19.8 Å². The van der Waals surface area contributed by atoms with E-state index < -0.39 is 95.8 Å². The number of carboxylic acid groups (broad SMARTS) is 3. The van der Waals surface area contributed by atoms with E-state index in [4.69, 9.17) is 27.8 Å². The summed E-state index contributed by atoms with van der Waals surface area (Å²) >= 11 is 0. The van der Waals surface area contributed by atoms with Crippen LogP contribution in [-0.4, -0.2) is 123 Å². The normalized spacial score (nSPS) is 28.0. The molecular weight excluding hydrogens is 669 g/mol. The van der Waals surface area contributed by atoms with Crippen LogP contribution in [0.5, 0.6) is 0 Å². The molecule has 1 aliphatic rings. The van der Waals surface area contributed by atoms with Crippen LogP contribution in [-0.2, 0) is 55.9 Å². The first-order valence-electron chi connectivity index (χ1n) is 14.0. The Bertz CT molecular complexity index is 1080. The summed E-state index contributed by atoms with van der Waals surface area (Å²) in [5.41, 5.74) is 0. The van der Waals surface area contributed by atoms with E-state index in [9.17, 15) is 58.1 Å². The maximum absolute atomic E-state index is 13.0. The summed E-state index contributed by atoms with van der Waals surface area (Å²) in [7, 11) is -15.6. The number of ether oxygens (including phenoxy) is 3. The van der Waals surface area contributed by atoms with Gasteiger partial charge in [0.25, 0.3) is 0 Å². The zero-order chi connectivity index (χ0) is 34.9. The van der Waals surface area contributed by atoms with E-state index in [1.807, 2.05) is 0 Å². The quantitative estimate of drug-likeness (QED) is 0.0928. The molecule has 1 fully saturated rings. The van der Waals surface area contributed by atoms with Gasteiger partial charge in [-0.3, -0.25) is 41.6 Å². The summed E-state index contributed by atoms with van der Waals surface area (Å²) in [4.78, 5) is 65.6. The lowest BCUT2D eigenvalue weighted by atomic mass is 9.84. The minimum atomic E-state index is -5.24. The molecule has 264 valence electrons. The number of aliphatic carboxylic acids is 3. The minimum Gasteiger partial charge on any atom is -0.481 e. The summed E-state index contributed by atoms with van der Waals surface area (Å²) in [5.74, 6) is -5.91. The molecule has 7 atom stereocenters. The fraction of sp³-hybridized carbons (Fsp3) is 0.875. The third-order valence-corrected chi connectivity index (χ3v) is 9.40. The van der Waals surface area contributed by atoms with E-state index >= 15 is 0 Å². The van der Waals surface area contributed by atoms with Gasteiger partial charge in [-0.1, -0.05) is 41.5 Å². The van der Waals surface area contributed by atoms with Crippen LogP contribution in [0.1, 0.15) is 41.5 Å². The highest BCUT2D eigenvalue weighted by Crippen LogP contribution is 2.54. The van der Waals surface area contributed by atoms with Gasteiger partial charge in [0.15, 0.2) is 0 Å². The SMILES string of the molecule is CC(C)COC1C(OCC(C)C)C(OP(=O)(O)CC(=O)O)C(OP(=O)(O)CC(=O)O)C(OP(=O)(O)CC(=O)O)C1OCC(C)C. The first kappa shape index (κ1) is 41.8. The zero-order valence-electron chi connectivity index (χ0n) is 25.9. The minimum absolute atomic E-state index is 0.0337. The van der Waals surface area contributed by atoms with E-state index in [1.54, 1.807) is 41.5 Å². The van der Waals surface area contributed by atoms with Gasteiger partial charge in [0.05, 0.1) is 0 Å². The fourth-order valence-corrected chi connectivity index (χ4v) is 7.27. The van der Waals surface area contributed by atoms with Crippen molar-refractivity contribution in [2.45, 2.75) is 78.2 Å². The average molecular weight is 715 g/mol. The first-order valence-corrected chi connectivity index (χ1v) is 19.2. The van der Waals surface area contributed by atoms with Gasteiger partial charge in [-0.2, -0.15) is 0 Å². The van der Waals surface area contributed by atoms with Crippen LogP contribution in [0.3, 0.4) is 0 Å². The van der Waals surface area contributed by atoms with E-state index in [-0.39, 0.29) is 37.6 Å². The average Bonchev–Trinajstić information content (AvgIpc) is 2.80. The lowest BCUT2D eigenvalue weighted by Gasteiger charge is -2.50. The smallest absolute Gasteiger partial charge is 0.339 e. The monoisotopic (exact) mass is 714 g/mol. The summed E-state index contributed by atoms with van der Waals surface area (Å²) in [5, 5.41) is 27.6. The molecule has 0 bridgehead atoms. The molecule has 0 aromatic heterocycles. The molecule has 1 saturated carbocycles. The number of rotatable bonds is 21. The van der Waals surface area contributed by atoms with Crippen molar-refractivity contribution in [2.75, 3.05) is 38.3 Å². The molecule has 1 aliphatic carbocycles. The maximum Gasteiger partial charge on any atom is 0.339 e. The van der Waals surface area contributed by atoms with Gasteiger partial charge >= 0.3 is 40.7 Å². The second kappa shape index (κ2) is 17.8. The predicted octanol–water partition coefficient (Wildman–Crippen LogP) is 2.09. The van der Waals surface area contributed by atoms with E-state index in [1.165, 1.54) is 0 Å². The molecule has 7 unspecified atom stereocenters. The van der Waals surface area contributed by atoms with Gasteiger partial charge in [-0.25, -0.2) is 0 Å². The van der Waals surface area contributed by atoms with Gasteiger partial charge < -0.3 is 44.2 Å². The Morgan fingerprint density at radius 1 is 0.489 bits per heavy atom. The second-order valence-electron chi connectivity index (χ2n) is 11.9. The Morgan fingerprint density at radius 3 is 0.889 bits per heavy atom. The van der Waals surface area contributed by atoms with Crippen molar-refractivity contribution in [3.8, 4) is 0 Å². The van der Waals surface area contributed by atoms with Crippen LogP contribution < -0.4 is 0 Å². The highest BCUT2D eigenvalue weighted by molar-refractivity contribution is 7.54. The third-order valence-electron chi connectivity index (χ3n) is 5.67. The Hall–Kier alpha value is -1.26. The fourth-order valence-electron chi connectivity index (χ4n) is 4.16. The largest absolute Gasteiger partial charge is 0.481 e. The molecule has 6 N–H and O–H groups in total. The van der Waals surface area contributed by atoms with Crippen molar-refractivity contribution in [2.24, 2.45) is 17.8 Å². The Labute approximate surface area is 260 Å². The van der Waals surface area contributed by atoms with Crippen molar-refractivity contribution in [3.05, 3.63) is 0 Å². The molecule has 0 amide bonds. The van der Waals surface area contributed by atoms with Gasteiger partial charge in [0.2, 0.25) is 0 Å². The Balaban J connectivity index is 4.08. The summed E-state index contributed by atoms with van der Waals surface area (Å²) in [6.07, 6.45) is -15.5. The van der Waals surface area contributed by atoms with E-state index in [0.29, 0.717) is 0 Å². The molecule has 0 saturated heterocycles. The van der Waals surface area contributed by atoms with Crippen LogP contribution in [0.2, 0.25) is 0 Å². The summed E-state index contributed by atoms with van der Waals surface area (Å²) in [6.45, 7) is 10.2. The van der Waals surface area contributed by atoms with Crippen LogP contribution in [0.4, 0.5) is 0 Å². The molecule has 0 aromatic carbocycles. The van der Waals surface area contributed by atoms with Crippen molar-refractivity contribution in [1.29, 1.82) is 0 Å². The lowest BCUT2D eigenvalue weighted by molar-refractivity contribution is -0.249.